The first kappa shape index (κ1) is 14.6. The van der Waals surface area contributed by atoms with Crippen LogP contribution in [-0.4, -0.2) is 17.0 Å². The van der Waals surface area contributed by atoms with E-state index in [4.69, 9.17) is 5.84 Å². The lowest BCUT2D eigenvalue weighted by Gasteiger charge is -2.17. The number of hydrazone groups is 1. The van der Waals surface area contributed by atoms with Crippen LogP contribution in [0.1, 0.15) is 29.7 Å². The molecule has 1 aromatic heterocycles. The van der Waals surface area contributed by atoms with E-state index in [1.54, 1.807) is 12.3 Å². The first-order valence-electron chi connectivity index (χ1n) is 5.85. The molecule has 0 saturated carbocycles. The fourth-order valence-corrected chi connectivity index (χ4v) is 3.08. The van der Waals surface area contributed by atoms with Gasteiger partial charge in [0.1, 0.15) is 5.75 Å². The van der Waals surface area contributed by atoms with Gasteiger partial charge in [0.05, 0.1) is 21.7 Å². The molecular weight excluding hydrogens is 289 g/mol. The number of nitrogens with zero attached hydrogens (tertiary/aromatic N) is 1. The molecule has 108 valence electrons. The van der Waals surface area contributed by atoms with Crippen LogP contribution < -0.4 is 5.84 Å². The molecule has 1 aliphatic rings. The Balaban J connectivity index is 2.23. The maximum Gasteiger partial charge on any atom is 0.416 e. The largest absolute Gasteiger partial charge is 0.506 e. The molecule has 1 heterocycles. The lowest BCUT2D eigenvalue weighted by Crippen LogP contribution is -2.12. The SMILES string of the molecule is C/C(=N\N)c1csc(C2C=CC(C(F)(F)F)=CC2)c1O. The summed E-state index contributed by atoms with van der Waals surface area (Å²) in [7, 11) is 0. The normalized spacial score (nSPS) is 20.1. The molecule has 3 N–H and O–H groups in total. The number of allylic oxidation sites excluding steroid dienone is 4. The Hall–Kier alpha value is -1.76. The minimum atomic E-state index is -4.33. The van der Waals surface area contributed by atoms with Crippen molar-refractivity contribution in [1.29, 1.82) is 0 Å². The van der Waals surface area contributed by atoms with Crippen molar-refractivity contribution in [3.05, 3.63) is 39.6 Å². The Labute approximate surface area is 117 Å². The van der Waals surface area contributed by atoms with E-state index in [-0.39, 0.29) is 18.1 Å². The molecule has 0 fully saturated rings. The van der Waals surface area contributed by atoms with Gasteiger partial charge in [-0.2, -0.15) is 18.3 Å². The van der Waals surface area contributed by atoms with Crippen LogP contribution in [0.5, 0.6) is 5.75 Å². The lowest BCUT2D eigenvalue weighted by molar-refractivity contribution is -0.0886. The fraction of sp³-hybridized carbons (Fsp3) is 0.308. The maximum atomic E-state index is 12.5. The molecular formula is C13H13F3N2OS. The first-order chi connectivity index (χ1) is 9.34. The van der Waals surface area contributed by atoms with Crippen molar-refractivity contribution in [3.8, 4) is 5.75 Å². The molecule has 0 radical (unpaired) electrons. The van der Waals surface area contributed by atoms with E-state index >= 15 is 0 Å². The van der Waals surface area contributed by atoms with E-state index in [0.717, 1.165) is 12.2 Å². The van der Waals surface area contributed by atoms with Crippen LogP contribution >= 0.6 is 11.3 Å². The molecule has 3 nitrogen and oxygen atoms in total. The number of nitrogens with two attached hydrogens (primary N) is 1. The molecule has 2 rings (SSSR count). The number of hydrogen-bond donors (Lipinski definition) is 2. The van der Waals surface area contributed by atoms with Gasteiger partial charge < -0.3 is 10.9 Å². The van der Waals surface area contributed by atoms with Gasteiger partial charge in [0.25, 0.3) is 0 Å². The maximum absolute atomic E-state index is 12.5. The predicted octanol–water partition coefficient (Wildman–Crippen LogP) is 3.67. The number of thiophene rings is 1. The van der Waals surface area contributed by atoms with Crippen LogP contribution in [0.4, 0.5) is 13.2 Å². The monoisotopic (exact) mass is 302 g/mol. The molecule has 20 heavy (non-hydrogen) atoms. The highest BCUT2D eigenvalue weighted by Gasteiger charge is 2.33. The molecule has 0 aliphatic heterocycles. The van der Waals surface area contributed by atoms with Gasteiger partial charge in [-0.3, -0.25) is 0 Å². The van der Waals surface area contributed by atoms with Crippen LogP contribution in [-0.2, 0) is 0 Å². The van der Waals surface area contributed by atoms with Crippen LogP contribution in [0.15, 0.2) is 34.3 Å². The van der Waals surface area contributed by atoms with Crippen molar-refractivity contribution >= 4 is 17.0 Å². The summed E-state index contributed by atoms with van der Waals surface area (Å²) in [5.74, 6) is 4.94. The van der Waals surface area contributed by atoms with E-state index < -0.39 is 11.7 Å². The van der Waals surface area contributed by atoms with Crippen LogP contribution in [0, 0.1) is 0 Å². The second-order valence-electron chi connectivity index (χ2n) is 4.44. The Kier molecular flexibility index (Phi) is 3.89. The number of alkyl halides is 3. The number of aromatic hydroxyl groups is 1. The minimum absolute atomic E-state index is 0.0419. The standard InChI is InChI=1S/C13H13F3N2OS/c1-7(18-17)10-6-20-12(11(10)19)8-2-4-9(5-3-8)13(14,15)16/h2,4-6,8,19H,3,17H2,1H3/b18-7+. The topological polar surface area (TPSA) is 58.6 Å². The van der Waals surface area contributed by atoms with E-state index in [1.807, 2.05) is 0 Å². The highest BCUT2D eigenvalue weighted by atomic mass is 32.1. The molecule has 0 aromatic carbocycles. The summed E-state index contributed by atoms with van der Waals surface area (Å²) >= 11 is 1.29. The van der Waals surface area contributed by atoms with Crippen molar-refractivity contribution in [2.45, 2.75) is 25.4 Å². The van der Waals surface area contributed by atoms with E-state index in [1.165, 1.54) is 17.4 Å². The molecule has 1 aromatic rings. The zero-order valence-electron chi connectivity index (χ0n) is 10.6. The summed E-state index contributed by atoms with van der Waals surface area (Å²) in [5.41, 5.74) is 0.354. The number of hydrogen-bond acceptors (Lipinski definition) is 4. The van der Waals surface area contributed by atoms with Crippen LogP contribution in [0.3, 0.4) is 0 Å². The molecule has 0 amide bonds. The average molecular weight is 302 g/mol. The third-order valence-corrected chi connectivity index (χ3v) is 4.24. The molecule has 7 heteroatoms. The van der Waals surface area contributed by atoms with E-state index in [2.05, 4.69) is 5.10 Å². The van der Waals surface area contributed by atoms with E-state index in [0.29, 0.717) is 16.2 Å². The summed E-state index contributed by atoms with van der Waals surface area (Å²) in [6, 6.07) is 0. The highest BCUT2D eigenvalue weighted by molar-refractivity contribution is 7.10. The fourth-order valence-electron chi connectivity index (χ4n) is 1.98. The molecule has 0 saturated heterocycles. The summed E-state index contributed by atoms with van der Waals surface area (Å²) in [4.78, 5) is 0.622. The summed E-state index contributed by atoms with van der Waals surface area (Å²) in [5, 5.41) is 15.3. The van der Waals surface area contributed by atoms with Crippen molar-refractivity contribution in [2.75, 3.05) is 0 Å². The first-order valence-corrected chi connectivity index (χ1v) is 6.73. The summed E-state index contributed by atoms with van der Waals surface area (Å²) < 4.78 is 37.5. The van der Waals surface area contributed by atoms with Gasteiger partial charge in [-0.1, -0.05) is 18.2 Å². The number of rotatable bonds is 2. The zero-order valence-corrected chi connectivity index (χ0v) is 11.4. The number of halogens is 3. The molecule has 0 bridgehead atoms. The minimum Gasteiger partial charge on any atom is -0.506 e. The van der Waals surface area contributed by atoms with Crippen molar-refractivity contribution in [3.63, 3.8) is 0 Å². The molecule has 1 aliphatic carbocycles. The second-order valence-corrected chi connectivity index (χ2v) is 5.35. The quantitative estimate of drug-likeness (QED) is 0.497. The van der Waals surface area contributed by atoms with Crippen molar-refractivity contribution < 1.29 is 18.3 Å². The van der Waals surface area contributed by atoms with Gasteiger partial charge in [-0.25, -0.2) is 0 Å². The van der Waals surface area contributed by atoms with Crippen molar-refractivity contribution in [1.82, 2.24) is 0 Å². The predicted molar refractivity (Wildman–Crippen MR) is 73.0 cm³/mol. The Bertz CT molecular complexity index is 599. The Morgan fingerprint density at radius 3 is 2.70 bits per heavy atom. The van der Waals surface area contributed by atoms with Gasteiger partial charge in [0.15, 0.2) is 0 Å². The van der Waals surface area contributed by atoms with Crippen LogP contribution in [0.2, 0.25) is 0 Å². The van der Waals surface area contributed by atoms with Gasteiger partial charge in [-0.15, -0.1) is 11.3 Å². The average Bonchev–Trinajstić information content (AvgIpc) is 2.79. The second kappa shape index (κ2) is 5.32. The van der Waals surface area contributed by atoms with Gasteiger partial charge in [0.2, 0.25) is 0 Å². The summed E-state index contributed by atoms with van der Waals surface area (Å²) in [6.07, 6.45) is -0.456. The zero-order chi connectivity index (χ0) is 14.9. The van der Waals surface area contributed by atoms with Gasteiger partial charge >= 0.3 is 6.18 Å². The molecule has 1 unspecified atom stereocenters. The third-order valence-electron chi connectivity index (χ3n) is 3.14. The lowest BCUT2D eigenvalue weighted by atomic mass is 9.94. The molecule has 1 atom stereocenters. The van der Waals surface area contributed by atoms with Gasteiger partial charge in [0, 0.05) is 11.3 Å². The van der Waals surface area contributed by atoms with Gasteiger partial charge in [-0.05, 0) is 13.3 Å². The Morgan fingerprint density at radius 2 is 2.20 bits per heavy atom. The Morgan fingerprint density at radius 1 is 1.50 bits per heavy atom. The highest BCUT2D eigenvalue weighted by Crippen LogP contribution is 2.41. The summed E-state index contributed by atoms with van der Waals surface area (Å²) in [6.45, 7) is 1.66. The third kappa shape index (κ3) is 2.72. The van der Waals surface area contributed by atoms with E-state index in [9.17, 15) is 18.3 Å². The van der Waals surface area contributed by atoms with Crippen molar-refractivity contribution in [2.24, 2.45) is 10.9 Å². The smallest absolute Gasteiger partial charge is 0.416 e. The van der Waals surface area contributed by atoms with Crippen LogP contribution in [0.25, 0.3) is 0 Å². The molecule has 0 spiro atoms.